The van der Waals surface area contributed by atoms with E-state index in [0.29, 0.717) is 16.6 Å². The van der Waals surface area contributed by atoms with Gasteiger partial charge in [-0.15, -0.1) is 0 Å². The van der Waals surface area contributed by atoms with E-state index in [0.717, 1.165) is 6.42 Å². The van der Waals surface area contributed by atoms with Crippen LogP contribution in [0.25, 0.3) is 0 Å². The average Bonchev–Trinajstić information content (AvgIpc) is 2.26. The number of carboxylic acid groups (broad SMARTS) is 1. The van der Waals surface area contributed by atoms with Crippen LogP contribution in [0.5, 0.6) is 0 Å². The minimum absolute atomic E-state index is 0.226. The fraction of sp³-hybridized carbons (Fsp3) is 0.417. The summed E-state index contributed by atoms with van der Waals surface area (Å²) in [6.45, 7) is 4.18. The van der Waals surface area contributed by atoms with Gasteiger partial charge in [-0.3, -0.25) is 4.21 Å². The Bertz CT molecular complexity index is 382. The topological polar surface area (TPSA) is 54.4 Å². The molecule has 0 spiro atoms. The van der Waals surface area contributed by atoms with Crippen molar-refractivity contribution in [2.24, 2.45) is 5.92 Å². The van der Waals surface area contributed by atoms with Gasteiger partial charge in [0.2, 0.25) is 0 Å². The van der Waals surface area contributed by atoms with E-state index in [2.05, 4.69) is 13.8 Å². The summed E-state index contributed by atoms with van der Waals surface area (Å²) in [6, 6.07) is 6.23. The Morgan fingerprint density at radius 1 is 1.31 bits per heavy atom. The Morgan fingerprint density at radius 3 is 2.31 bits per heavy atom. The Morgan fingerprint density at radius 2 is 1.88 bits per heavy atom. The van der Waals surface area contributed by atoms with E-state index < -0.39 is 16.8 Å². The first kappa shape index (κ1) is 12.9. The molecule has 1 N–H and O–H groups in total. The first-order valence-electron chi connectivity index (χ1n) is 5.22. The molecule has 16 heavy (non-hydrogen) atoms. The van der Waals surface area contributed by atoms with E-state index in [1.54, 1.807) is 12.1 Å². The zero-order chi connectivity index (χ0) is 12.1. The maximum Gasteiger partial charge on any atom is 0.335 e. The largest absolute Gasteiger partial charge is 0.478 e. The van der Waals surface area contributed by atoms with Crippen molar-refractivity contribution in [2.75, 3.05) is 5.75 Å². The Labute approximate surface area is 98.0 Å². The lowest BCUT2D eigenvalue weighted by Crippen LogP contribution is -2.02. The third-order valence-corrected chi connectivity index (χ3v) is 3.65. The quantitative estimate of drug-likeness (QED) is 0.860. The number of carbonyl (C=O) groups is 1. The van der Waals surface area contributed by atoms with Crippen molar-refractivity contribution in [3.05, 3.63) is 29.8 Å². The third-order valence-electron chi connectivity index (χ3n) is 2.24. The van der Waals surface area contributed by atoms with Crippen LogP contribution in [0.3, 0.4) is 0 Å². The molecule has 1 rings (SSSR count). The molecule has 4 heteroatoms. The molecule has 0 aliphatic rings. The molecular formula is C12H16O3S. The van der Waals surface area contributed by atoms with Crippen LogP contribution in [0.2, 0.25) is 0 Å². The van der Waals surface area contributed by atoms with Crippen LogP contribution in [0.4, 0.5) is 0 Å². The van der Waals surface area contributed by atoms with E-state index in [9.17, 15) is 9.00 Å². The number of carboxylic acids is 1. The minimum Gasteiger partial charge on any atom is -0.478 e. The second kappa shape index (κ2) is 5.80. The fourth-order valence-corrected chi connectivity index (χ4v) is 2.57. The molecule has 0 amide bonds. The molecule has 1 unspecified atom stereocenters. The smallest absolute Gasteiger partial charge is 0.335 e. The lowest BCUT2D eigenvalue weighted by molar-refractivity contribution is 0.0697. The van der Waals surface area contributed by atoms with Crippen molar-refractivity contribution in [3.8, 4) is 0 Å². The maximum atomic E-state index is 11.8. The predicted molar refractivity (Wildman–Crippen MR) is 64.1 cm³/mol. The van der Waals surface area contributed by atoms with Gasteiger partial charge in [-0.2, -0.15) is 0 Å². The van der Waals surface area contributed by atoms with Gasteiger partial charge < -0.3 is 5.11 Å². The van der Waals surface area contributed by atoms with Crippen molar-refractivity contribution in [3.63, 3.8) is 0 Å². The van der Waals surface area contributed by atoms with E-state index in [1.807, 2.05) is 0 Å². The molecule has 0 bridgehead atoms. The van der Waals surface area contributed by atoms with Crippen molar-refractivity contribution in [1.29, 1.82) is 0 Å². The Kier molecular flexibility index (Phi) is 4.68. The lowest BCUT2D eigenvalue weighted by atomic mass is 10.2. The predicted octanol–water partition coefficient (Wildman–Crippen LogP) is 2.54. The second-order valence-corrected chi connectivity index (χ2v) is 5.63. The van der Waals surface area contributed by atoms with Gasteiger partial charge in [-0.05, 0) is 36.6 Å². The van der Waals surface area contributed by atoms with Gasteiger partial charge >= 0.3 is 5.97 Å². The number of aromatic carboxylic acids is 1. The molecule has 1 aromatic carbocycles. The van der Waals surface area contributed by atoms with Crippen LogP contribution < -0.4 is 0 Å². The molecule has 3 nitrogen and oxygen atoms in total. The maximum absolute atomic E-state index is 11.8. The first-order valence-corrected chi connectivity index (χ1v) is 6.54. The summed E-state index contributed by atoms with van der Waals surface area (Å²) in [7, 11) is -1.02. The molecule has 1 aromatic rings. The second-order valence-electron chi connectivity index (χ2n) is 4.06. The highest BCUT2D eigenvalue weighted by atomic mass is 32.2. The highest BCUT2D eigenvalue weighted by Gasteiger charge is 2.07. The molecule has 0 fully saturated rings. The van der Waals surface area contributed by atoms with Crippen LogP contribution in [-0.4, -0.2) is 21.0 Å². The van der Waals surface area contributed by atoms with Gasteiger partial charge in [0.25, 0.3) is 0 Å². The highest BCUT2D eigenvalue weighted by Crippen LogP contribution is 2.11. The van der Waals surface area contributed by atoms with Gasteiger partial charge in [-0.1, -0.05) is 13.8 Å². The molecule has 88 valence electrons. The monoisotopic (exact) mass is 240 g/mol. The molecule has 0 aliphatic heterocycles. The highest BCUT2D eigenvalue weighted by molar-refractivity contribution is 7.85. The van der Waals surface area contributed by atoms with Crippen LogP contribution >= 0.6 is 0 Å². The molecule has 0 aromatic heterocycles. The van der Waals surface area contributed by atoms with Gasteiger partial charge in [0.05, 0.1) is 16.4 Å². The normalized spacial score (nSPS) is 12.7. The standard InChI is InChI=1S/C12H16O3S/c1-9(2)7-8-16(15)11-5-3-10(4-6-11)12(13)14/h3-6,9H,7-8H2,1-2H3,(H,13,14). The molecular weight excluding hydrogens is 224 g/mol. The summed E-state index contributed by atoms with van der Waals surface area (Å²) in [6.07, 6.45) is 0.910. The van der Waals surface area contributed by atoms with Crippen LogP contribution in [0, 0.1) is 5.92 Å². The zero-order valence-corrected chi connectivity index (χ0v) is 10.3. The third kappa shape index (κ3) is 3.77. The summed E-state index contributed by atoms with van der Waals surface area (Å²) in [5.41, 5.74) is 0.226. The van der Waals surface area contributed by atoms with E-state index in [-0.39, 0.29) is 5.56 Å². The Balaban J connectivity index is 2.67. The number of benzene rings is 1. The number of hydrogen-bond donors (Lipinski definition) is 1. The van der Waals surface area contributed by atoms with Crippen molar-refractivity contribution >= 4 is 16.8 Å². The van der Waals surface area contributed by atoms with Crippen LogP contribution in [-0.2, 0) is 10.8 Å². The van der Waals surface area contributed by atoms with Gasteiger partial charge in [0.15, 0.2) is 0 Å². The zero-order valence-electron chi connectivity index (χ0n) is 9.47. The summed E-state index contributed by atoms with van der Waals surface area (Å²) in [5, 5.41) is 8.71. The molecule has 0 radical (unpaired) electrons. The summed E-state index contributed by atoms with van der Waals surface area (Å²) in [4.78, 5) is 11.3. The van der Waals surface area contributed by atoms with Gasteiger partial charge in [-0.25, -0.2) is 4.79 Å². The minimum atomic E-state index is -1.02. The average molecular weight is 240 g/mol. The van der Waals surface area contributed by atoms with Crippen molar-refractivity contribution in [1.82, 2.24) is 0 Å². The van der Waals surface area contributed by atoms with Crippen molar-refractivity contribution in [2.45, 2.75) is 25.2 Å². The van der Waals surface area contributed by atoms with E-state index in [4.69, 9.17) is 5.11 Å². The first-order chi connectivity index (χ1) is 7.50. The molecule has 0 saturated heterocycles. The number of hydrogen-bond acceptors (Lipinski definition) is 2. The number of rotatable bonds is 5. The summed E-state index contributed by atoms with van der Waals surface area (Å²) >= 11 is 0. The lowest BCUT2D eigenvalue weighted by Gasteiger charge is -2.05. The molecule has 0 aliphatic carbocycles. The van der Waals surface area contributed by atoms with E-state index in [1.165, 1.54) is 12.1 Å². The molecule has 0 saturated carbocycles. The molecule has 0 heterocycles. The SMILES string of the molecule is CC(C)CCS(=O)c1ccc(C(=O)O)cc1. The van der Waals surface area contributed by atoms with Gasteiger partial charge in [0, 0.05) is 10.6 Å². The summed E-state index contributed by atoms with van der Waals surface area (Å²) in [5.74, 6) is 0.200. The van der Waals surface area contributed by atoms with Crippen molar-refractivity contribution < 1.29 is 14.1 Å². The summed E-state index contributed by atoms with van der Waals surface area (Å²) < 4.78 is 11.8. The Hall–Kier alpha value is -1.16. The van der Waals surface area contributed by atoms with Gasteiger partial charge in [0.1, 0.15) is 0 Å². The van der Waals surface area contributed by atoms with Crippen LogP contribution in [0.1, 0.15) is 30.6 Å². The van der Waals surface area contributed by atoms with E-state index >= 15 is 0 Å². The van der Waals surface area contributed by atoms with Crippen LogP contribution in [0.15, 0.2) is 29.2 Å². The molecule has 1 atom stereocenters. The fourth-order valence-electron chi connectivity index (χ4n) is 1.21.